The molecule has 136 valence electrons. The van der Waals surface area contributed by atoms with E-state index in [4.69, 9.17) is 14.2 Å². The molecule has 1 N–H and O–H groups in total. The van der Waals surface area contributed by atoms with Crippen molar-refractivity contribution in [2.75, 3.05) is 45.6 Å². The molecule has 0 bridgehead atoms. The number of fused-ring (bicyclic) bond motifs is 1. The maximum atomic E-state index is 12.5. The van der Waals surface area contributed by atoms with Gasteiger partial charge in [0.05, 0.1) is 21.3 Å². The number of benzene rings is 2. The summed E-state index contributed by atoms with van der Waals surface area (Å²) in [5, 5.41) is 2.90. The lowest BCUT2D eigenvalue weighted by Gasteiger charge is -2.14. The van der Waals surface area contributed by atoms with Gasteiger partial charge in [0.25, 0.3) is 5.91 Å². The van der Waals surface area contributed by atoms with Crippen LogP contribution in [0.1, 0.15) is 11.1 Å². The predicted octanol–water partition coefficient (Wildman–Crippen LogP) is 3.27. The zero-order chi connectivity index (χ0) is 18.8. The molecule has 0 aromatic heterocycles. The molecule has 3 rings (SSSR count). The van der Waals surface area contributed by atoms with Gasteiger partial charge in [0.1, 0.15) is 0 Å². The second-order valence-electron chi connectivity index (χ2n) is 6.10. The smallest absolute Gasteiger partial charge is 0.256 e. The summed E-state index contributed by atoms with van der Waals surface area (Å²) < 4.78 is 16.1. The first-order valence-electron chi connectivity index (χ1n) is 8.13. The number of anilines is 2. The van der Waals surface area contributed by atoms with Crippen molar-refractivity contribution < 1.29 is 19.0 Å². The molecule has 1 amide bonds. The number of amides is 1. The summed E-state index contributed by atoms with van der Waals surface area (Å²) >= 11 is 0. The van der Waals surface area contributed by atoms with Crippen LogP contribution >= 0.6 is 0 Å². The number of carbonyl (C=O) groups is 1. The average molecular weight is 354 g/mol. The van der Waals surface area contributed by atoms with Gasteiger partial charge in [-0.05, 0) is 42.0 Å². The normalized spacial score (nSPS) is 14.0. The van der Waals surface area contributed by atoms with Crippen molar-refractivity contribution in [1.29, 1.82) is 0 Å². The summed E-state index contributed by atoms with van der Waals surface area (Å²) in [5.41, 5.74) is 4.08. The number of ether oxygens (including phenoxy) is 3. The van der Waals surface area contributed by atoms with Crippen molar-refractivity contribution in [1.82, 2.24) is 0 Å². The SMILES string of the molecule is COc1cc(/C=C2\C(=O)Nc3ccc(N(C)C)cc32)cc(OC)c1OC. The van der Waals surface area contributed by atoms with Crippen LogP contribution in [-0.4, -0.2) is 41.3 Å². The summed E-state index contributed by atoms with van der Waals surface area (Å²) in [4.78, 5) is 14.5. The molecule has 0 atom stereocenters. The molecule has 26 heavy (non-hydrogen) atoms. The average Bonchev–Trinajstić information content (AvgIpc) is 2.95. The van der Waals surface area contributed by atoms with Crippen molar-refractivity contribution >= 4 is 28.9 Å². The van der Waals surface area contributed by atoms with Gasteiger partial charge < -0.3 is 24.4 Å². The molecule has 0 saturated carbocycles. The van der Waals surface area contributed by atoms with Gasteiger partial charge in [0.2, 0.25) is 5.75 Å². The fourth-order valence-corrected chi connectivity index (χ4v) is 2.95. The van der Waals surface area contributed by atoms with Gasteiger partial charge in [-0.1, -0.05) is 0 Å². The largest absolute Gasteiger partial charge is 0.493 e. The number of nitrogens with one attached hydrogen (secondary N) is 1. The van der Waals surface area contributed by atoms with Crippen LogP contribution in [0.4, 0.5) is 11.4 Å². The van der Waals surface area contributed by atoms with Crippen LogP contribution in [0.15, 0.2) is 30.3 Å². The highest BCUT2D eigenvalue weighted by Gasteiger charge is 2.25. The van der Waals surface area contributed by atoms with Gasteiger partial charge in [-0.3, -0.25) is 4.79 Å². The Morgan fingerprint density at radius 3 is 2.15 bits per heavy atom. The fourth-order valence-electron chi connectivity index (χ4n) is 2.95. The number of rotatable bonds is 5. The molecule has 1 aliphatic rings. The monoisotopic (exact) mass is 354 g/mol. The van der Waals surface area contributed by atoms with E-state index < -0.39 is 0 Å². The van der Waals surface area contributed by atoms with E-state index in [9.17, 15) is 4.79 Å². The first-order chi connectivity index (χ1) is 12.5. The van der Waals surface area contributed by atoms with Crippen LogP contribution in [0, 0.1) is 0 Å². The van der Waals surface area contributed by atoms with Crippen LogP contribution in [0.25, 0.3) is 11.6 Å². The summed E-state index contributed by atoms with van der Waals surface area (Å²) in [6, 6.07) is 9.52. The molecule has 0 unspecified atom stereocenters. The number of hydrogen-bond donors (Lipinski definition) is 1. The molecular formula is C20H22N2O4. The van der Waals surface area contributed by atoms with E-state index >= 15 is 0 Å². The molecule has 1 heterocycles. The first kappa shape index (κ1) is 17.7. The molecule has 1 aliphatic heterocycles. The molecule has 0 spiro atoms. The number of hydrogen-bond acceptors (Lipinski definition) is 5. The highest BCUT2D eigenvalue weighted by atomic mass is 16.5. The third-order valence-corrected chi connectivity index (χ3v) is 4.30. The number of nitrogens with zero attached hydrogens (tertiary/aromatic N) is 1. The quantitative estimate of drug-likeness (QED) is 0.835. The van der Waals surface area contributed by atoms with Crippen molar-refractivity contribution in [3.63, 3.8) is 0 Å². The van der Waals surface area contributed by atoms with Gasteiger partial charge in [-0.25, -0.2) is 0 Å². The summed E-state index contributed by atoms with van der Waals surface area (Å²) in [5.74, 6) is 1.46. The second kappa shape index (κ2) is 7.00. The van der Waals surface area contributed by atoms with E-state index in [0.717, 1.165) is 22.5 Å². The maximum Gasteiger partial charge on any atom is 0.256 e. The van der Waals surface area contributed by atoms with E-state index in [1.165, 1.54) is 0 Å². The lowest BCUT2D eigenvalue weighted by atomic mass is 10.0. The molecule has 0 radical (unpaired) electrons. The van der Waals surface area contributed by atoms with Crippen molar-refractivity contribution in [3.8, 4) is 17.2 Å². The summed E-state index contributed by atoms with van der Waals surface area (Å²) in [6.07, 6.45) is 1.82. The minimum Gasteiger partial charge on any atom is -0.493 e. The fraction of sp³-hybridized carbons (Fsp3) is 0.250. The highest BCUT2D eigenvalue weighted by Crippen LogP contribution is 2.40. The van der Waals surface area contributed by atoms with Crippen LogP contribution < -0.4 is 24.4 Å². The Hall–Kier alpha value is -3.15. The second-order valence-corrected chi connectivity index (χ2v) is 6.10. The third-order valence-electron chi connectivity index (χ3n) is 4.30. The van der Waals surface area contributed by atoms with Gasteiger partial charge >= 0.3 is 0 Å². The summed E-state index contributed by atoms with van der Waals surface area (Å²) in [6.45, 7) is 0. The van der Waals surface area contributed by atoms with Gasteiger partial charge in [0.15, 0.2) is 11.5 Å². The van der Waals surface area contributed by atoms with E-state index in [2.05, 4.69) is 5.32 Å². The molecule has 0 saturated heterocycles. The van der Waals surface area contributed by atoms with Crippen LogP contribution in [0.3, 0.4) is 0 Å². The molecule has 2 aromatic carbocycles. The van der Waals surface area contributed by atoms with Crippen molar-refractivity contribution in [2.45, 2.75) is 0 Å². The van der Waals surface area contributed by atoms with E-state index in [0.29, 0.717) is 22.8 Å². The van der Waals surface area contributed by atoms with Crippen LogP contribution in [-0.2, 0) is 4.79 Å². The predicted molar refractivity (Wildman–Crippen MR) is 103 cm³/mol. The van der Waals surface area contributed by atoms with Gasteiger partial charge in [0, 0.05) is 36.6 Å². The zero-order valence-corrected chi connectivity index (χ0v) is 15.5. The lowest BCUT2D eigenvalue weighted by Crippen LogP contribution is -2.08. The first-order valence-corrected chi connectivity index (χ1v) is 8.13. The minimum atomic E-state index is -0.135. The molecule has 6 heteroatoms. The molecule has 0 fully saturated rings. The Bertz CT molecular complexity index is 862. The van der Waals surface area contributed by atoms with Gasteiger partial charge in [-0.2, -0.15) is 0 Å². The Kier molecular flexibility index (Phi) is 4.75. The molecule has 6 nitrogen and oxygen atoms in total. The molecular weight excluding hydrogens is 332 g/mol. The Morgan fingerprint density at radius 1 is 0.962 bits per heavy atom. The number of carbonyl (C=O) groups excluding carboxylic acids is 1. The Balaban J connectivity index is 2.12. The van der Waals surface area contributed by atoms with Gasteiger partial charge in [-0.15, -0.1) is 0 Å². The standard InChI is InChI=1S/C20H22N2O4/c1-22(2)13-6-7-16-14(11-13)15(20(23)21-16)8-12-9-17(24-3)19(26-5)18(10-12)25-4/h6-11H,1-5H3,(H,21,23)/b15-8-. The topological polar surface area (TPSA) is 60.0 Å². The van der Waals surface area contributed by atoms with Crippen molar-refractivity contribution in [2.24, 2.45) is 0 Å². The number of methoxy groups -OCH3 is 3. The van der Waals surface area contributed by atoms with Crippen molar-refractivity contribution in [3.05, 3.63) is 41.5 Å². The minimum absolute atomic E-state index is 0.135. The van der Waals surface area contributed by atoms with E-state index in [-0.39, 0.29) is 5.91 Å². The van der Waals surface area contributed by atoms with Crippen LogP contribution in [0.5, 0.6) is 17.2 Å². The molecule has 2 aromatic rings. The third kappa shape index (κ3) is 3.06. The zero-order valence-electron chi connectivity index (χ0n) is 15.5. The Labute approximate surface area is 153 Å². The maximum absolute atomic E-state index is 12.5. The van der Waals surface area contributed by atoms with E-state index in [1.54, 1.807) is 21.3 Å². The molecule has 0 aliphatic carbocycles. The van der Waals surface area contributed by atoms with Crippen LogP contribution in [0.2, 0.25) is 0 Å². The Morgan fingerprint density at radius 2 is 1.62 bits per heavy atom. The van der Waals surface area contributed by atoms with E-state index in [1.807, 2.05) is 55.4 Å². The highest BCUT2D eigenvalue weighted by molar-refractivity contribution is 6.35. The lowest BCUT2D eigenvalue weighted by molar-refractivity contribution is -0.110. The summed E-state index contributed by atoms with van der Waals surface area (Å²) in [7, 11) is 8.62.